The van der Waals surface area contributed by atoms with Gasteiger partial charge in [-0.15, -0.1) is 0 Å². The Morgan fingerprint density at radius 2 is 1.56 bits per heavy atom. The summed E-state index contributed by atoms with van der Waals surface area (Å²) in [5.41, 5.74) is 6.57. The Bertz CT molecular complexity index is 768. The minimum Gasteiger partial charge on any atom is -0.345 e. The molecule has 3 rings (SSSR count). The molecule has 1 aliphatic heterocycles. The van der Waals surface area contributed by atoms with E-state index in [0.29, 0.717) is 37.2 Å². The average molecular weight is 339 g/mol. The first-order chi connectivity index (χ1) is 12.2. The smallest absolute Gasteiger partial charge is 0.261 e. The highest BCUT2D eigenvalue weighted by molar-refractivity contribution is 6.25. The lowest BCUT2D eigenvalue weighted by molar-refractivity contribution is -0.118. The zero-order valence-corrected chi connectivity index (χ0v) is 14.0. The van der Waals surface area contributed by atoms with E-state index in [1.807, 2.05) is 24.3 Å². The lowest BCUT2D eigenvalue weighted by Crippen LogP contribution is -2.41. The van der Waals surface area contributed by atoms with Gasteiger partial charge >= 0.3 is 0 Å². The van der Waals surface area contributed by atoms with Crippen LogP contribution in [0.4, 0.5) is 0 Å². The minimum absolute atomic E-state index is 0.270. The fourth-order valence-electron chi connectivity index (χ4n) is 3.23. The lowest BCUT2D eigenvalue weighted by Gasteiger charge is -2.28. The van der Waals surface area contributed by atoms with Gasteiger partial charge in [-0.05, 0) is 36.9 Å². The van der Waals surface area contributed by atoms with Crippen LogP contribution in [0, 0.1) is 0 Å². The molecule has 0 atom stereocenters. The van der Waals surface area contributed by atoms with E-state index in [2.05, 4.69) is 0 Å². The molecule has 130 valence electrons. The van der Waals surface area contributed by atoms with Gasteiger partial charge in [-0.25, -0.2) is 0 Å². The highest BCUT2D eigenvalue weighted by Crippen LogP contribution is 2.29. The summed E-state index contributed by atoms with van der Waals surface area (Å²) in [6, 6.07) is 11.0. The molecule has 0 aliphatic carbocycles. The molecule has 0 unspecified atom stereocenters. The summed E-state index contributed by atoms with van der Waals surface area (Å²) >= 11 is 0. The second kappa shape index (κ2) is 7.44. The van der Waals surface area contributed by atoms with E-state index in [9.17, 15) is 14.4 Å². The number of carbonyl (C=O) groups is 3. The largest absolute Gasteiger partial charge is 0.345 e. The number of benzene rings is 2. The van der Waals surface area contributed by atoms with Gasteiger partial charge in [-0.2, -0.15) is 0 Å². The maximum absolute atomic E-state index is 12.7. The molecule has 0 bridgehead atoms. The van der Waals surface area contributed by atoms with Crippen LogP contribution in [0.25, 0.3) is 10.8 Å². The van der Waals surface area contributed by atoms with Gasteiger partial charge in [0.15, 0.2) is 0 Å². The molecule has 0 radical (unpaired) electrons. The average Bonchev–Trinajstić information content (AvgIpc) is 2.64. The maximum Gasteiger partial charge on any atom is 0.261 e. The molecule has 0 spiro atoms. The molecular formula is C19H21N3O3. The Morgan fingerprint density at radius 3 is 2.12 bits per heavy atom. The van der Waals surface area contributed by atoms with Gasteiger partial charge in [0.25, 0.3) is 11.8 Å². The number of nitrogens with zero attached hydrogens (tertiary/aromatic N) is 2. The third kappa shape index (κ3) is 3.25. The number of rotatable bonds is 8. The highest BCUT2D eigenvalue weighted by atomic mass is 16.2. The molecule has 6 nitrogen and oxygen atoms in total. The van der Waals surface area contributed by atoms with Crippen molar-refractivity contribution >= 4 is 29.0 Å². The molecule has 3 amide bonds. The molecule has 2 aromatic carbocycles. The third-order valence-electron chi connectivity index (χ3n) is 4.48. The Morgan fingerprint density at radius 1 is 0.960 bits per heavy atom. The summed E-state index contributed by atoms with van der Waals surface area (Å²) in [5, 5.41) is 1.62. The van der Waals surface area contributed by atoms with E-state index >= 15 is 0 Å². The summed E-state index contributed by atoms with van der Waals surface area (Å²) in [7, 11) is 0. The summed E-state index contributed by atoms with van der Waals surface area (Å²) in [6.07, 6.45) is 2.06. The standard InChI is InChI=1S/C19H21N3O3/c20-9-3-10-21(13-23)11-4-12-22-18(24)15-7-1-5-14-6-2-8-16(17(14)15)19(22)25/h1-2,5-8,13H,3-4,9-12,20H2. The van der Waals surface area contributed by atoms with Gasteiger partial charge in [0.1, 0.15) is 0 Å². The first-order valence-corrected chi connectivity index (χ1v) is 8.44. The zero-order valence-electron chi connectivity index (χ0n) is 14.0. The Kier molecular flexibility index (Phi) is 5.09. The van der Waals surface area contributed by atoms with Crippen molar-refractivity contribution in [3.8, 4) is 0 Å². The highest BCUT2D eigenvalue weighted by Gasteiger charge is 2.32. The molecule has 1 aliphatic rings. The van der Waals surface area contributed by atoms with Crippen LogP contribution in [0.15, 0.2) is 36.4 Å². The number of hydrogen-bond acceptors (Lipinski definition) is 4. The summed E-state index contributed by atoms with van der Waals surface area (Å²) in [6.45, 7) is 1.89. The third-order valence-corrected chi connectivity index (χ3v) is 4.48. The van der Waals surface area contributed by atoms with Gasteiger partial charge in [-0.1, -0.05) is 24.3 Å². The van der Waals surface area contributed by atoms with Gasteiger partial charge in [-0.3, -0.25) is 19.3 Å². The number of amides is 3. The van der Waals surface area contributed by atoms with Crippen LogP contribution < -0.4 is 5.73 Å². The quantitative estimate of drug-likeness (QED) is 0.585. The number of hydrogen-bond donors (Lipinski definition) is 1. The second-order valence-electron chi connectivity index (χ2n) is 6.11. The Balaban J connectivity index is 1.75. The van der Waals surface area contributed by atoms with E-state index in [-0.39, 0.29) is 18.4 Å². The lowest BCUT2D eigenvalue weighted by atomic mass is 9.94. The molecule has 2 N–H and O–H groups in total. The first kappa shape index (κ1) is 17.1. The van der Waals surface area contributed by atoms with Gasteiger partial charge in [0, 0.05) is 36.1 Å². The number of imide groups is 1. The van der Waals surface area contributed by atoms with E-state index in [4.69, 9.17) is 5.73 Å². The van der Waals surface area contributed by atoms with Crippen LogP contribution in [0.3, 0.4) is 0 Å². The van der Waals surface area contributed by atoms with E-state index in [1.165, 1.54) is 4.90 Å². The summed E-state index contributed by atoms with van der Waals surface area (Å²) in [4.78, 5) is 39.4. The Labute approximate surface area is 146 Å². The van der Waals surface area contributed by atoms with Crippen LogP contribution >= 0.6 is 0 Å². The molecule has 1 heterocycles. The van der Waals surface area contributed by atoms with Crippen molar-refractivity contribution in [1.29, 1.82) is 0 Å². The summed E-state index contributed by atoms with van der Waals surface area (Å²) < 4.78 is 0. The van der Waals surface area contributed by atoms with Crippen LogP contribution in [0.2, 0.25) is 0 Å². The van der Waals surface area contributed by atoms with Crippen LogP contribution in [0.1, 0.15) is 33.6 Å². The van der Waals surface area contributed by atoms with Gasteiger partial charge < -0.3 is 10.6 Å². The Hall–Kier alpha value is -2.73. The fraction of sp³-hybridized carbons (Fsp3) is 0.316. The molecule has 0 saturated carbocycles. The van der Waals surface area contributed by atoms with Crippen molar-refractivity contribution in [1.82, 2.24) is 9.80 Å². The van der Waals surface area contributed by atoms with E-state index in [0.717, 1.165) is 23.6 Å². The molecule has 6 heteroatoms. The second-order valence-corrected chi connectivity index (χ2v) is 6.11. The molecule has 0 fully saturated rings. The fourth-order valence-corrected chi connectivity index (χ4v) is 3.23. The predicted molar refractivity (Wildman–Crippen MR) is 95.2 cm³/mol. The van der Waals surface area contributed by atoms with E-state index < -0.39 is 0 Å². The monoisotopic (exact) mass is 339 g/mol. The zero-order chi connectivity index (χ0) is 17.8. The van der Waals surface area contributed by atoms with Crippen molar-refractivity contribution in [2.75, 3.05) is 26.2 Å². The van der Waals surface area contributed by atoms with Crippen molar-refractivity contribution < 1.29 is 14.4 Å². The summed E-state index contributed by atoms with van der Waals surface area (Å²) in [5.74, 6) is -0.539. The molecule has 2 aromatic rings. The van der Waals surface area contributed by atoms with Crippen molar-refractivity contribution in [2.24, 2.45) is 5.73 Å². The van der Waals surface area contributed by atoms with E-state index in [1.54, 1.807) is 17.0 Å². The van der Waals surface area contributed by atoms with Crippen molar-refractivity contribution in [3.63, 3.8) is 0 Å². The molecule has 25 heavy (non-hydrogen) atoms. The number of carbonyl (C=O) groups excluding carboxylic acids is 3. The molecular weight excluding hydrogens is 318 g/mol. The van der Waals surface area contributed by atoms with Crippen LogP contribution in [-0.4, -0.2) is 54.2 Å². The normalized spacial score (nSPS) is 13.4. The van der Waals surface area contributed by atoms with Gasteiger partial charge in [0.05, 0.1) is 0 Å². The maximum atomic E-state index is 12.7. The first-order valence-electron chi connectivity index (χ1n) is 8.44. The predicted octanol–water partition coefficient (Wildman–Crippen LogP) is 1.63. The topological polar surface area (TPSA) is 83.7 Å². The van der Waals surface area contributed by atoms with Crippen LogP contribution in [-0.2, 0) is 4.79 Å². The SMILES string of the molecule is NCCCN(C=O)CCCN1C(=O)c2cccc3cccc(c23)C1=O. The molecule has 0 aromatic heterocycles. The van der Waals surface area contributed by atoms with Crippen LogP contribution in [0.5, 0.6) is 0 Å². The van der Waals surface area contributed by atoms with Crippen molar-refractivity contribution in [2.45, 2.75) is 12.8 Å². The molecule has 0 saturated heterocycles. The van der Waals surface area contributed by atoms with Crippen molar-refractivity contribution in [3.05, 3.63) is 47.5 Å². The van der Waals surface area contributed by atoms with Gasteiger partial charge in [0.2, 0.25) is 6.41 Å². The number of nitrogens with two attached hydrogens (primary N) is 1. The minimum atomic E-state index is -0.270.